The van der Waals surface area contributed by atoms with Crippen LogP contribution in [0.3, 0.4) is 0 Å². The van der Waals surface area contributed by atoms with Crippen LogP contribution in [0.5, 0.6) is 0 Å². The van der Waals surface area contributed by atoms with Crippen LogP contribution in [-0.4, -0.2) is 17.8 Å². The van der Waals surface area contributed by atoms with Crippen LogP contribution < -0.4 is 0 Å². The summed E-state index contributed by atoms with van der Waals surface area (Å²) in [5, 5.41) is 15.1. The highest BCUT2D eigenvalue weighted by atomic mass is 19.4. The summed E-state index contributed by atoms with van der Waals surface area (Å²) in [4.78, 5) is 11.4. The Bertz CT molecular complexity index is 877. The lowest BCUT2D eigenvalue weighted by Crippen LogP contribution is -2.16. The Balaban J connectivity index is 2.30. The molecule has 0 saturated heterocycles. The van der Waals surface area contributed by atoms with Crippen LogP contribution in [0.1, 0.15) is 37.5 Å². The van der Waals surface area contributed by atoms with Crippen molar-refractivity contribution in [2.24, 2.45) is 0 Å². The molecule has 2 N–H and O–H groups in total. The van der Waals surface area contributed by atoms with Gasteiger partial charge in [0.2, 0.25) is 0 Å². The number of esters is 1. The van der Waals surface area contributed by atoms with Gasteiger partial charge in [-0.05, 0) is 34.9 Å². The zero-order chi connectivity index (χ0) is 20.9. The molecular weight excluding hydrogens is 373 g/mol. The largest absolute Gasteiger partial charge is 0.457 e. The summed E-state index contributed by atoms with van der Waals surface area (Å²) in [6.45, 7) is 2.61. The number of rotatable bonds is 5. The van der Waals surface area contributed by atoms with E-state index in [0.717, 1.165) is 12.1 Å². The van der Waals surface area contributed by atoms with Crippen molar-refractivity contribution in [2.45, 2.75) is 32.5 Å². The van der Waals surface area contributed by atoms with Gasteiger partial charge in [-0.15, -0.1) is 0 Å². The second-order valence-corrected chi connectivity index (χ2v) is 6.08. The molecule has 148 valence electrons. The number of hydrogen-bond donors (Lipinski definition) is 2. The molecule has 1 atom stereocenters. The van der Waals surface area contributed by atoms with E-state index in [9.17, 15) is 18.0 Å². The van der Waals surface area contributed by atoms with Crippen LogP contribution in [0.15, 0.2) is 48.5 Å². The maximum absolute atomic E-state index is 12.7. The smallest absolute Gasteiger partial charge is 0.416 e. The summed E-state index contributed by atoms with van der Waals surface area (Å²) < 4.78 is 48.4. The Kier molecular flexibility index (Phi) is 6.56. The van der Waals surface area contributed by atoms with Crippen LogP contribution >= 0.6 is 0 Å². The highest BCUT2D eigenvalue weighted by molar-refractivity contribution is 5.87. The predicted molar refractivity (Wildman–Crippen MR) is 98.2 cm³/mol. The van der Waals surface area contributed by atoms with Crippen molar-refractivity contribution in [1.82, 2.24) is 0 Å². The highest BCUT2D eigenvalue weighted by Gasteiger charge is 2.30. The molecule has 0 saturated carbocycles. The molecule has 0 fully saturated rings. The Hall–Kier alpha value is -3.16. The molecule has 28 heavy (non-hydrogen) atoms. The predicted octanol–water partition coefficient (Wildman–Crippen LogP) is 5.36. The molecule has 0 heterocycles. The van der Waals surface area contributed by atoms with Gasteiger partial charge in [-0.3, -0.25) is 15.6 Å². The second kappa shape index (κ2) is 8.69. The molecule has 1 unspecified atom stereocenters. The summed E-state index contributed by atoms with van der Waals surface area (Å²) in [5.74, 6) is -0.951. The van der Waals surface area contributed by atoms with Crippen LogP contribution in [0, 0.1) is 10.8 Å². The molecule has 8 heteroatoms. The van der Waals surface area contributed by atoms with Crippen molar-refractivity contribution < 1.29 is 27.4 Å². The first-order valence-corrected chi connectivity index (χ1v) is 8.31. The lowest BCUT2D eigenvalue weighted by molar-refractivity contribution is -0.146. The minimum atomic E-state index is -4.41. The first-order valence-electron chi connectivity index (χ1n) is 8.31. The number of carbonyl (C=O) groups excluding carboxylic acids is 1. The van der Waals surface area contributed by atoms with Crippen molar-refractivity contribution in [1.29, 1.82) is 10.8 Å². The number of nitrogens with one attached hydrogen (secondary N) is 2. The number of carbonyl (C=O) groups is 1. The molecule has 0 bridgehead atoms. The zero-order valence-corrected chi connectivity index (χ0v) is 15.3. The van der Waals surface area contributed by atoms with Gasteiger partial charge in [0.1, 0.15) is 6.10 Å². The minimum Gasteiger partial charge on any atom is -0.457 e. The summed E-state index contributed by atoms with van der Waals surface area (Å²) in [6.07, 6.45) is -5.31. The monoisotopic (exact) mass is 392 g/mol. The number of hydrogen-bond acceptors (Lipinski definition) is 5. The highest BCUT2D eigenvalue weighted by Crippen LogP contribution is 2.32. The maximum Gasteiger partial charge on any atom is 0.416 e. The minimum absolute atomic E-state index is 0.0771. The fraction of sp³-hybridized carbons (Fsp3) is 0.250. The molecule has 0 aromatic heterocycles. The first kappa shape index (κ1) is 21.1. The molecule has 0 spiro atoms. The van der Waals surface area contributed by atoms with E-state index < -0.39 is 23.8 Å². The molecular formula is C20H19F3N2O3. The summed E-state index contributed by atoms with van der Waals surface area (Å²) in [6, 6.07) is 11.5. The molecule has 2 aromatic carbocycles. The van der Waals surface area contributed by atoms with Crippen LogP contribution in [-0.2, 0) is 20.4 Å². The van der Waals surface area contributed by atoms with Crippen molar-refractivity contribution in [3.63, 3.8) is 0 Å². The van der Waals surface area contributed by atoms with E-state index in [2.05, 4.69) is 0 Å². The van der Waals surface area contributed by atoms with Crippen molar-refractivity contribution >= 4 is 17.8 Å². The topological polar surface area (TPSA) is 83.2 Å². The second-order valence-electron chi connectivity index (χ2n) is 6.08. The van der Waals surface area contributed by atoms with Gasteiger partial charge in [0.25, 0.3) is 0 Å². The van der Waals surface area contributed by atoms with E-state index in [0.29, 0.717) is 16.7 Å². The summed E-state index contributed by atoms with van der Waals surface area (Å²) >= 11 is 0. The lowest BCUT2D eigenvalue weighted by Gasteiger charge is -2.18. The van der Waals surface area contributed by atoms with Gasteiger partial charge >= 0.3 is 12.1 Å². The van der Waals surface area contributed by atoms with E-state index in [1.54, 1.807) is 24.3 Å². The van der Waals surface area contributed by atoms with Crippen LogP contribution in [0.4, 0.5) is 13.2 Å². The summed E-state index contributed by atoms with van der Waals surface area (Å²) in [5.41, 5.74) is 1.03. The number of halogens is 3. The van der Waals surface area contributed by atoms with Gasteiger partial charge in [-0.25, -0.2) is 0 Å². The Morgan fingerprint density at radius 2 is 1.68 bits per heavy atom. The number of ether oxygens (including phenoxy) is 2. The van der Waals surface area contributed by atoms with Crippen LogP contribution in [0.2, 0.25) is 0 Å². The van der Waals surface area contributed by atoms with E-state index in [1.165, 1.54) is 26.0 Å². The van der Waals surface area contributed by atoms with Gasteiger partial charge in [-0.2, -0.15) is 13.2 Å². The van der Waals surface area contributed by atoms with E-state index in [1.807, 2.05) is 0 Å². The third-order valence-electron chi connectivity index (χ3n) is 3.76. The average Bonchev–Trinajstić information content (AvgIpc) is 2.59. The average molecular weight is 392 g/mol. The fourth-order valence-corrected chi connectivity index (χ4v) is 2.59. The molecule has 0 aliphatic rings. The van der Waals surface area contributed by atoms with E-state index in [-0.39, 0.29) is 18.2 Å². The molecule has 5 nitrogen and oxygen atoms in total. The van der Waals surface area contributed by atoms with Crippen molar-refractivity contribution in [2.75, 3.05) is 0 Å². The van der Waals surface area contributed by atoms with Crippen molar-refractivity contribution in [3.05, 3.63) is 59.7 Å². The number of benzene rings is 2. The zero-order valence-electron chi connectivity index (χ0n) is 15.3. The summed E-state index contributed by atoms with van der Waals surface area (Å²) in [7, 11) is 0. The Morgan fingerprint density at radius 1 is 1.04 bits per heavy atom. The van der Waals surface area contributed by atoms with E-state index >= 15 is 0 Å². The Labute approximate surface area is 160 Å². The lowest BCUT2D eigenvalue weighted by atomic mass is 9.98. The molecule has 2 aromatic rings. The fourth-order valence-electron chi connectivity index (χ4n) is 2.59. The molecule has 0 aliphatic heterocycles. The van der Waals surface area contributed by atoms with Gasteiger partial charge in [0.05, 0.1) is 12.0 Å². The molecule has 0 amide bonds. The quantitative estimate of drug-likeness (QED) is 0.408. The van der Waals surface area contributed by atoms with Gasteiger partial charge in [0.15, 0.2) is 11.8 Å². The first-order chi connectivity index (χ1) is 13.1. The standard InChI is InChI=1S/C20H19F3N2O3/c1-12(24)27-19(25)11-18(28-13(2)26)16-5-3-4-15(10-16)14-6-8-17(9-7-14)20(21,22)23/h3-10,18,24-25H,11H2,1-2H3. The molecule has 0 radical (unpaired) electrons. The SMILES string of the molecule is CC(=N)OC(=N)CC(OC(C)=O)c1cccc(-c2ccc(C(F)(F)F)cc2)c1. The van der Waals surface area contributed by atoms with Gasteiger partial charge in [-0.1, -0.05) is 30.3 Å². The van der Waals surface area contributed by atoms with Crippen molar-refractivity contribution in [3.8, 4) is 11.1 Å². The normalized spacial score (nSPS) is 12.2. The maximum atomic E-state index is 12.7. The van der Waals surface area contributed by atoms with E-state index in [4.69, 9.17) is 20.3 Å². The molecule has 2 rings (SSSR count). The number of alkyl halides is 3. The Morgan fingerprint density at radius 3 is 2.21 bits per heavy atom. The third-order valence-corrected chi connectivity index (χ3v) is 3.76. The van der Waals surface area contributed by atoms with Crippen LogP contribution in [0.25, 0.3) is 11.1 Å². The van der Waals surface area contributed by atoms with Gasteiger partial charge < -0.3 is 9.47 Å². The molecule has 0 aliphatic carbocycles. The third kappa shape index (κ3) is 5.94. The van der Waals surface area contributed by atoms with Gasteiger partial charge in [0, 0.05) is 13.8 Å².